The summed E-state index contributed by atoms with van der Waals surface area (Å²) in [6, 6.07) is 3.57. The van der Waals surface area contributed by atoms with Gasteiger partial charge in [0.15, 0.2) is 0 Å². The molecule has 0 saturated carbocycles. The van der Waals surface area contributed by atoms with E-state index in [4.69, 9.17) is 0 Å². The highest BCUT2D eigenvalue weighted by molar-refractivity contribution is 9.10. The molecule has 1 aromatic rings. The van der Waals surface area contributed by atoms with Gasteiger partial charge in [-0.1, -0.05) is 15.9 Å². The van der Waals surface area contributed by atoms with Crippen LogP contribution in [0.3, 0.4) is 0 Å². The van der Waals surface area contributed by atoms with Crippen LogP contribution in [-0.2, 0) is 11.3 Å². The third kappa shape index (κ3) is 1.46. The fourth-order valence-corrected chi connectivity index (χ4v) is 2.02. The van der Waals surface area contributed by atoms with Gasteiger partial charge in [0.1, 0.15) is 0 Å². The maximum Gasteiger partial charge on any atom is 0.337 e. The average Bonchev–Trinajstić information content (AvgIpc) is 2.64. The number of methoxy groups -OCH3 is 1. The first kappa shape index (κ1) is 9.40. The van der Waals surface area contributed by atoms with Crippen molar-refractivity contribution in [2.75, 3.05) is 7.11 Å². The molecule has 0 bridgehead atoms. The molecular formula is C10H8BrNO2. The monoisotopic (exact) mass is 253 g/mol. The third-order valence-corrected chi connectivity index (χ3v) is 2.77. The molecule has 0 radical (unpaired) electrons. The van der Waals surface area contributed by atoms with Gasteiger partial charge in [-0.25, -0.2) is 4.79 Å². The van der Waals surface area contributed by atoms with Gasteiger partial charge in [0.25, 0.3) is 0 Å². The molecule has 72 valence electrons. The Morgan fingerprint density at radius 3 is 3.07 bits per heavy atom. The Balaban J connectivity index is 2.49. The number of hydrogen-bond donors (Lipinski definition) is 0. The fraction of sp³-hybridized carbons (Fsp3) is 0.200. The van der Waals surface area contributed by atoms with Gasteiger partial charge in [-0.05, 0) is 17.7 Å². The van der Waals surface area contributed by atoms with Crippen molar-refractivity contribution >= 4 is 28.1 Å². The minimum Gasteiger partial charge on any atom is -0.465 e. The van der Waals surface area contributed by atoms with Gasteiger partial charge in [0.2, 0.25) is 0 Å². The van der Waals surface area contributed by atoms with Crippen LogP contribution < -0.4 is 0 Å². The highest BCUT2D eigenvalue weighted by Gasteiger charge is 2.14. The molecular weight excluding hydrogens is 246 g/mol. The lowest BCUT2D eigenvalue weighted by molar-refractivity contribution is 0.0600. The molecule has 2 rings (SSSR count). The molecule has 0 unspecified atom stereocenters. The van der Waals surface area contributed by atoms with Gasteiger partial charge >= 0.3 is 5.97 Å². The van der Waals surface area contributed by atoms with Gasteiger partial charge in [0, 0.05) is 16.3 Å². The van der Waals surface area contributed by atoms with Crippen LogP contribution in [0.4, 0.5) is 0 Å². The van der Waals surface area contributed by atoms with Crippen molar-refractivity contribution in [3.05, 3.63) is 33.3 Å². The number of nitrogens with zero attached hydrogens (tertiary/aromatic N) is 1. The minimum absolute atomic E-state index is 0.319. The standard InChI is InChI=1S/C10H8BrNO2/c1-14-10(13)6-2-7-4-12-5-8(7)9(11)3-6/h2-3,5H,4H2,1H3. The van der Waals surface area contributed by atoms with E-state index in [1.54, 1.807) is 12.3 Å². The van der Waals surface area contributed by atoms with Crippen molar-refractivity contribution in [2.24, 2.45) is 4.99 Å². The highest BCUT2D eigenvalue weighted by Crippen LogP contribution is 2.25. The molecule has 1 aliphatic rings. The van der Waals surface area contributed by atoms with Gasteiger partial charge in [-0.3, -0.25) is 4.99 Å². The predicted octanol–water partition coefficient (Wildman–Crippen LogP) is 2.17. The summed E-state index contributed by atoms with van der Waals surface area (Å²) in [5, 5.41) is 0. The van der Waals surface area contributed by atoms with E-state index in [0.717, 1.165) is 15.6 Å². The van der Waals surface area contributed by atoms with E-state index < -0.39 is 0 Å². The summed E-state index contributed by atoms with van der Waals surface area (Å²) >= 11 is 3.40. The molecule has 0 spiro atoms. The first-order chi connectivity index (χ1) is 6.72. The molecule has 3 nitrogen and oxygen atoms in total. The normalized spacial score (nSPS) is 12.7. The van der Waals surface area contributed by atoms with Crippen LogP contribution in [0.2, 0.25) is 0 Å². The molecule has 1 aromatic carbocycles. The molecule has 0 atom stereocenters. The third-order valence-electron chi connectivity index (χ3n) is 2.12. The molecule has 0 N–H and O–H groups in total. The second kappa shape index (κ2) is 3.53. The van der Waals surface area contributed by atoms with Gasteiger partial charge in [-0.15, -0.1) is 0 Å². The number of esters is 1. The van der Waals surface area contributed by atoms with Crippen LogP contribution in [0.1, 0.15) is 21.5 Å². The number of rotatable bonds is 1. The molecule has 0 fully saturated rings. The lowest BCUT2D eigenvalue weighted by atomic mass is 10.1. The molecule has 0 aliphatic carbocycles. The van der Waals surface area contributed by atoms with Crippen LogP contribution in [0.5, 0.6) is 0 Å². The van der Waals surface area contributed by atoms with E-state index in [9.17, 15) is 4.79 Å². The second-order valence-corrected chi connectivity index (χ2v) is 3.85. The zero-order chi connectivity index (χ0) is 10.1. The summed E-state index contributed by atoms with van der Waals surface area (Å²) in [6.45, 7) is 0.638. The van der Waals surface area contributed by atoms with E-state index in [1.165, 1.54) is 7.11 Å². The maximum absolute atomic E-state index is 11.3. The number of hydrogen-bond acceptors (Lipinski definition) is 3. The van der Waals surface area contributed by atoms with Crippen LogP contribution in [0.15, 0.2) is 21.6 Å². The number of aliphatic imine (C=N–C) groups is 1. The molecule has 0 amide bonds. The zero-order valence-electron chi connectivity index (χ0n) is 7.58. The summed E-state index contributed by atoms with van der Waals surface area (Å²) in [4.78, 5) is 15.4. The number of carbonyl (C=O) groups is 1. The quantitative estimate of drug-likeness (QED) is 0.720. The predicted molar refractivity (Wildman–Crippen MR) is 56.8 cm³/mol. The Hall–Kier alpha value is -1.16. The zero-order valence-corrected chi connectivity index (χ0v) is 9.17. The Kier molecular flexibility index (Phi) is 2.37. The SMILES string of the molecule is COC(=O)c1cc(Br)c2c(c1)CN=C2. The number of ether oxygens (including phenoxy) is 1. The molecule has 1 heterocycles. The number of fused-ring (bicyclic) bond motifs is 1. The van der Waals surface area contributed by atoms with Crippen LogP contribution in [0, 0.1) is 0 Å². The van der Waals surface area contributed by atoms with Crippen molar-refractivity contribution in [3.63, 3.8) is 0 Å². The van der Waals surface area contributed by atoms with Crippen molar-refractivity contribution in [3.8, 4) is 0 Å². The van der Waals surface area contributed by atoms with E-state index >= 15 is 0 Å². The average molecular weight is 254 g/mol. The molecule has 0 aromatic heterocycles. The van der Waals surface area contributed by atoms with E-state index in [1.807, 2.05) is 6.07 Å². The van der Waals surface area contributed by atoms with Crippen LogP contribution in [-0.4, -0.2) is 19.3 Å². The van der Waals surface area contributed by atoms with E-state index in [0.29, 0.717) is 12.1 Å². The largest absolute Gasteiger partial charge is 0.465 e. The molecule has 4 heteroatoms. The Bertz CT molecular complexity index is 426. The number of benzene rings is 1. The van der Waals surface area contributed by atoms with Gasteiger partial charge in [-0.2, -0.15) is 0 Å². The van der Waals surface area contributed by atoms with Crippen LogP contribution >= 0.6 is 15.9 Å². The van der Waals surface area contributed by atoms with Crippen molar-refractivity contribution in [1.82, 2.24) is 0 Å². The topological polar surface area (TPSA) is 38.7 Å². The smallest absolute Gasteiger partial charge is 0.337 e. The first-order valence-electron chi connectivity index (χ1n) is 4.13. The van der Waals surface area contributed by atoms with Crippen molar-refractivity contribution < 1.29 is 9.53 Å². The minimum atomic E-state index is -0.319. The van der Waals surface area contributed by atoms with Crippen molar-refractivity contribution in [1.29, 1.82) is 0 Å². The van der Waals surface area contributed by atoms with E-state index in [2.05, 4.69) is 25.7 Å². The first-order valence-corrected chi connectivity index (χ1v) is 4.92. The van der Waals surface area contributed by atoms with E-state index in [-0.39, 0.29) is 5.97 Å². The summed E-state index contributed by atoms with van der Waals surface area (Å²) in [7, 11) is 1.37. The molecule has 0 saturated heterocycles. The fourth-order valence-electron chi connectivity index (χ4n) is 1.42. The molecule has 14 heavy (non-hydrogen) atoms. The second-order valence-electron chi connectivity index (χ2n) is 2.99. The van der Waals surface area contributed by atoms with Gasteiger partial charge < -0.3 is 4.74 Å². The number of halogens is 1. The van der Waals surface area contributed by atoms with Crippen molar-refractivity contribution in [2.45, 2.75) is 6.54 Å². The maximum atomic E-state index is 11.3. The Morgan fingerprint density at radius 1 is 1.57 bits per heavy atom. The van der Waals surface area contributed by atoms with Crippen LogP contribution in [0.25, 0.3) is 0 Å². The highest BCUT2D eigenvalue weighted by atomic mass is 79.9. The summed E-state index contributed by atoms with van der Waals surface area (Å²) in [6.07, 6.45) is 1.81. The summed E-state index contributed by atoms with van der Waals surface area (Å²) in [5.74, 6) is -0.319. The lowest BCUT2D eigenvalue weighted by Crippen LogP contribution is -2.02. The summed E-state index contributed by atoms with van der Waals surface area (Å²) in [5.41, 5.74) is 2.67. The molecule has 1 aliphatic heterocycles. The van der Waals surface area contributed by atoms with Gasteiger partial charge in [0.05, 0.1) is 19.2 Å². The summed E-state index contributed by atoms with van der Waals surface area (Å²) < 4.78 is 5.54. The Morgan fingerprint density at radius 2 is 2.36 bits per heavy atom. The lowest BCUT2D eigenvalue weighted by Gasteiger charge is -2.04. The Labute approximate surface area is 89.9 Å². The number of carbonyl (C=O) groups excluding carboxylic acids is 1.